The summed E-state index contributed by atoms with van der Waals surface area (Å²) in [5.41, 5.74) is 1.88. The van der Waals surface area contributed by atoms with Gasteiger partial charge in [0.15, 0.2) is 5.78 Å². The molecule has 0 saturated carbocycles. The zero-order chi connectivity index (χ0) is 13.8. The van der Waals surface area contributed by atoms with Crippen molar-refractivity contribution >= 4 is 11.5 Å². The van der Waals surface area contributed by atoms with Crippen LogP contribution < -0.4 is 10.2 Å². The smallest absolute Gasteiger partial charge is 0.159 e. The van der Waals surface area contributed by atoms with Crippen molar-refractivity contribution in [1.82, 2.24) is 10.2 Å². The Kier molecular flexibility index (Phi) is 4.56. The number of piperazine rings is 1. The summed E-state index contributed by atoms with van der Waals surface area (Å²) in [5, 5.41) is 3.43. The molecule has 4 heteroatoms. The highest BCUT2D eigenvalue weighted by atomic mass is 16.1. The highest BCUT2D eigenvalue weighted by Gasteiger charge is 2.20. The van der Waals surface area contributed by atoms with E-state index in [-0.39, 0.29) is 5.78 Å². The molecule has 0 amide bonds. The molecule has 0 spiro atoms. The molecule has 1 N–H and O–H groups in total. The second-order valence-electron chi connectivity index (χ2n) is 5.33. The van der Waals surface area contributed by atoms with Crippen molar-refractivity contribution in [2.75, 3.05) is 45.2 Å². The van der Waals surface area contributed by atoms with E-state index < -0.39 is 0 Å². The molecule has 1 aliphatic heterocycles. The monoisotopic (exact) mass is 261 g/mol. The van der Waals surface area contributed by atoms with E-state index in [1.54, 1.807) is 6.92 Å². The minimum atomic E-state index is 0.117. The van der Waals surface area contributed by atoms with E-state index in [4.69, 9.17) is 0 Å². The first-order valence-corrected chi connectivity index (χ1v) is 6.81. The van der Waals surface area contributed by atoms with Crippen LogP contribution in [0.5, 0.6) is 0 Å². The van der Waals surface area contributed by atoms with Crippen LogP contribution in [0, 0.1) is 0 Å². The molecule has 0 bridgehead atoms. The van der Waals surface area contributed by atoms with E-state index in [1.807, 2.05) is 18.2 Å². The Morgan fingerprint density at radius 3 is 3.00 bits per heavy atom. The van der Waals surface area contributed by atoms with Crippen LogP contribution >= 0.6 is 0 Å². The molecule has 0 aromatic heterocycles. The topological polar surface area (TPSA) is 35.6 Å². The van der Waals surface area contributed by atoms with Gasteiger partial charge in [0, 0.05) is 50.5 Å². The van der Waals surface area contributed by atoms with Crippen LogP contribution in [0.15, 0.2) is 24.3 Å². The molecule has 0 radical (unpaired) electrons. The summed E-state index contributed by atoms with van der Waals surface area (Å²) >= 11 is 0. The van der Waals surface area contributed by atoms with Gasteiger partial charge in [0.05, 0.1) is 0 Å². The van der Waals surface area contributed by atoms with Gasteiger partial charge < -0.3 is 10.2 Å². The van der Waals surface area contributed by atoms with Crippen LogP contribution in [0.1, 0.15) is 17.3 Å². The molecule has 1 aromatic rings. The van der Waals surface area contributed by atoms with Crippen LogP contribution in [0.4, 0.5) is 5.69 Å². The number of nitrogens with one attached hydrogen (secondary N) is 1. The first-order valence-electron chi connectivity index (χ1n) is 6.81. The van der Waals surface area contributed by atoms with Crippen molar-refractivity contribution in [3.63, 3.8) is 0 Å². The Balaban J connectivity index is 2.04. The van der Waals surface area contributed by atoms with Crippen LogP contribution in [0.3, 0.4) is 0 Å². The molecule has 1 heterocycles. The fourth-order valence-electron chi connectivity index (χ4n) is 2.45. The average molecular weight is 261 g/mol. The van der Waals surface area contributed by atoms with Crippen LogP contribution in [-0.2, 0) is 0 Å². The van der Waals surface area contributed by atoms with Gasteiger partial charge in [-0.3, -0.25) is 9.69 Å². The molecule has 1 unspecified atom stereocenters. The number of ketones is 1. The molecule has 1 aromatic carbocycles. The lowest BCUT2D eigenvalue weighted by atomic mass is 10.1. The fourth-order valence-corrected chi connectivity index (χ4v) is 2.45. The number of carbonyl (C=O) groups excluding carboxylic acids is 1. The van der Waals surface area contributed by atoms with E-state index in [0.29, 0.717) is 6.04 Å². The summed E-state index contributed by atoms with van der Waals surface area (Å²) in [6.07, 6.45) is 0. The van der Waals surface area contributed by atoms with E-state index >= 15 is 0 Å². The molecule has 19 heavy (non-hydrogen) atoms. The second-order valence-corrected chi connectivity index (χ2v) is 5.33. The normalized spacial score (nSPS) is 20.3. The highest BCUT2D eigenvalue weighted by Crippen LogP contribution is 2.16. The molecule has 1 saturated heterocycles. The SMILES string of the molecule is CC(=O)c1cccc(N(C)CC2CNCCN2C)c1. The van der Waals surface area contributed by atoms with Gasteiger partial charge in [-0.15, -0.1) is 0 Å². The largest absolute Gasteiger partial charge is 0.373 e. The van der Waals surface area contributed by atoms with Crippen molar-refractivity contribution < 1.29 is 4.79 Å². The number of hydrogen-bond donors (Lipinski definition) is 1. The summed E-state index contributed by atoms with van der Waals surface area (Å²) < 4.78 is 0. The summed E-state index contributed by atoms with van der Waals surface area (Å²) in [4.78, 5) is 16.0. The predicted molar refractivity (Wildman–Crippen MR) is 79.0 cm³/mol. The number of rotatable bonds is 4. The summed E-state index contributed by atoms with van der Waals surface area (Å²) in [6, 6.07) is 8.36. The maximum atomic E-state index is 11.4. The minimum Gasteiger partial charge on any atom is -0.373 e. The summed E-state index contributed by atoms with van der Waals surface area (Å²) in [5.74, 6) is 0.117. The van der Waals surface area contributed by atoms with E-state index in [1.165, 1.54) is 0 Å². The first-order chi connectivity index (χ1) is 9.08. The van der Waals surface area contributed by atoms with Gasteiger partial charge in [-0.25, -0.2) is 0 Å². The number of likely N-dealkylation sites (N-methyl/N-ethyl adjacent to an activating group) is 2. The van der Waals surface area contributed by atoms with Crippen molar-refractivity contribution in [2.45, 2.75) is 13.0 Å². The van der Waals surface area contributed by atoms with Gasteiger partial charge in [0.1, 0.15) is 0 Å². The van der Waals surface area contributed by atoms with Gasteiger partial charge in [0.2, 0.25) is 0 Å². The molecule has 1 fully saturated rings. The van der Waals surface area contributed by atoms with Crippen molar-refractivity contribution in [3.05, 3.63) is 29.8 Å². The Bertz CT molecular complexity index is 447. The van der Waals surface area contributed by atoms with Gasteiger partial charge in [-0.05, 0) is 26.1 Å². The number of hydrogen-bond acceptors (Lipinski definition) is 4. The van der Waals surface area contributed by atoms with Gasteiger partial charge >= 0.3 is 0 Å². The van der Waals surface area contributed by atoms with E-state index in [2.05, 4.69) is 35.3 Å². The predicted octanol–water partition coefficient (Wildman–Crippen LogP) is 1.23. The summed E-state index contributed by atoms with van der Waals surface area (Å²) in [6.45, 7) is 5.75. The standard InChI is InChI=1S/C15H23N3O/c1-12(19)13-5-4-6-14(9-13)18(3)11-15-10-16-7-8-17(15)2/h4-6,9,15-16H,7-8,10-11H2,1-3H3. The van der Waals surface area contributed by atoms with Gasteiger partial charge in [-0.2, -0.15) is 0 Å². The molecule has 1 atom stereocenters. The lowest BCUT2D eigenvalue weighted by molar-refractivity contribution is 0.101. The lowest BCUT2D eigenvalue weighted by Gasteiger charge is -2.36. The number of Topliss-reactive ketones (excluding diaryl/α,β-unsaturated/α-hetero) is 1. The average Bonchev–Trinajstić information content (AvgIpc) is 2.41. The zero-order valence-corrected chi connectivity index (χ0v) is 12.0. The Labute approximate surface area is 115 Å². The third-order valence-corrected chi connectivity index (χ3v) is 3.82. The van der Waals surface area contributed by atoms with E-state index in [9.17, 15) is 4.79 Å². The van der Waals surface area contributed by atoms with Crippen molar-refractivity contribution in [1.29, 1.82) is 0 Å². The number of carbonyl (C=O) groups is 1. The second kappa shape index (κ2) is 6.17. The lowest BCUT2D eigenvalue weighted by Crippen LogP contribution is -2.53. The molecule has 4 nitrogen and oxygen atoms in total. The molecule has 104 valence electrons. The van der Waals surface area contributed by atoms with Crippen molar-refractivity contribution in [2.24, 2.45) is 0 Å². The third-order valence-electron chi connectivity index (χ3n) is 3.82. The third kappa shape index (κ3) is 3.55. The first kappa shape index (κ1) is 14.0. The molecule has 1 aliphatic rings. The molecule has 2 rings (SSSR count). The maximum absolute atomic E-state index is 11.4. The van der Waals surface area contributed by atoms with Crippen LogP contribution in [0.25, 0.3) is 0 Å². The Morgan fingerprint density at radius 2 is 2.32 bits per heavy atom. The van der Waals surface area contributed by atoms with Crippen LogP contribution in [-0.4, -0.2) is 57.0 Å². The number of benzene rings is 1. The Hall–Kier alpha value is -1.39. The quantitative estimate of drug-likeness (QED) is 0.827. The molecule has 0 aliphatic carbocycles. The fraction of sp³-hybridized carbons (Fsp3) is 0.533. The van der Waals surface area contributed by atoms with Gasteiger partial charge in [0.25, 0.3) is 0 Å². The zero-order valence-electron chi connectivity index (χ0n) is 12.0. The highest BCUT2D eigenvalue weighted by molar-refractivity contribution is 5.94. The minimum absolute atomic E-state index is 0.117. The number of anilines is 1. The van der Waals surface area contributed by atoms with Gasteiger partial charge in [-0.1, -0.05) is 12.1 Å². The maximum Gasteiger partial charge on any atom is 0.159 e. The summed E-state index contributed by atoms with van der Waals surface area (Å²) in [7, 11) is 4.26. The Morgan fingerprint density at radius 1 is 1.53 bits per heavy atom. The van der Waals surface area contributed by atoms with E-state index in [0.717, 1.165) is 37.4 Å². The molecular formula is C15H23N3O. The van der Waals surface area contributed by atoms with Crippen molar-refractivity contribution in [3.8, 4) is 0 Å². The number of nitrogens with zero attached hydrogens (tertiary/aromatic N) is 2. The molecular weight excluding hydrogens is 238 g/mol. The van der Waals surface area contributed by atoms with Crippen LogP contribution in [0.2, 0.25) is 0 Å².